The Kier molecular flexibility index (Phi) is 4.99. The van der Waals surface area contributed by atoms with Crippen LogP contribution < -0.4 is 0 Å². The number of likely N-dealkylation sites (tertiary alicyclic amines) is 1. The summed E-state index contributed by atoms with van der Waals surface area (Å²) in [6, 6.07) is -0.150. The Hall–Kier alpha value is -2.29. The lowest BCUT2D eigenvalue weighted by molar-refractivity contribution is -0.00598. The molecule has 1 fully saturated rings. The van der Waals surface area contributed by atoms with Crippen LogP contribution in [-0.2, 0) is 12.3 Å². The van der Waals surface area contributed by atoms with Gasteiger partial charge in [0.25, 0.3) is 5.92 Å². The van der Waals surface area contributed by atoms with E-state index in [0.29, 0.717) is 36.2 Å². The Morgan fingerprint density at radius 1 is 1.33 bits per heavy atom. The zero-order valence-electron chi connectivity index (χ0n) is 17.1. The molecule has 0 radical (unpaired) electrons. The molecule has 30 heavy (non-hydrogen) atoms. The van der Waals surface area contributed by atoms with Crippen molar-refractivity contribution in [2.75, 3.05) is 6.54 Å². The fourth-order valence-corrected chi connectivity index (χ4v) is 4.70. The van der Waals surface area contributed by atoms with Crippen molar-refractivity contribution < 1.29 is 18.7 Å². The maximum Gasteiger partial charge on any atom is 0.407 e. The predicted octanol–water partition coefficient (Wildman–Crippen LogP) is 4.76. The minimum atomic E-state index is -3.00. The lowest BCUT2D eigenvalue weighted by Gasteiger charge is -2.44. The largest absolute Gasteiger partial charge is 0.465 e. The molecule has 0 bridgehead atoms. The standard InChI is InChI=1S/C20H24ClF2N5O2/c1-19(2,3)14-8-12(5-7-27(14)18(29)30)28-10-11(9-24-28)15-13-4-6-20(22,23)16(13)26-17(21)25-15/h9-10,12,14H,4-8H2,1-3H3,(H,29,30). The summed E-state index contributed by atoms with van der Waals surface area (Å²) >= 11 is 5.93. The number of carboxylic acid groups (broad SMARTS) is 1. The van der Waals surface area contributed by atoms with Crippen molar-refractivity contribution in [1.29, 1.82) is 0 Å². The van der Waals surface area contributed by atoms with Gasteiger partial charge >= 0.3 is 6.09 Å². The van der Waals surface area contributed by atoms with E-state index in [1.165, 1.54) is 4.90 Å². The van der Waals surface area contributed by atoms with Crippen LogP contribution in [0.25, 0.3) is 11.3 Å². The van der Waals surface area contributed by atoms with Crippen LogP contribution >= 0.6 is 11.6 Å². The molecule has 7 nitrogen and oxygen atoms in total. The first-order valence-electron chi connectivity index (χ1n) is 9.96. The molecule has 1 N–H and O–H groups in total. The lowest BCUT2D eigenvalue weighted by atomic mass is 9.79. The van der Waals surface area contributed by atoms with E-state index in [-0.39, 0.29) is 41.3 Å². The fourth-order valence-electron chi connectivity index (χ4n) is 4.53. The van der Waals surface area contributed by atoms with Crippen LogP contribution in [0.15, 0.2) is 12.4 Å². The van der Waals surface area contributed by atoms with Crippen LogP contribution in [0, 0.1) is 5.41 Å². The van der Waals surface area contributed by atoms with Gasteiger partial charge in [0.2, 0.25) is 5.28 Å². The van der Waals surface area contributed by atoms with Gasteiger partial charge in [0, 0.05) is 36.3 Å². The number of piperidine rings is 1. The van der Waals surface area contributed by atoms with E-state index in [1.807, 2.05) is 20.8 Å². The molecule has 2 unspecified atom stereocenters. The maximum atomic E-state index is 14.1. The normalized spacial score (nSPS) is 23.5. The second-order valence-electron chi connectivity index (χ2n) is 9.12. The molecule has 2 aromatic rings. The molecular weight excluding hydrogens is 416 g/mol. The molecule has 1 aliphatic carbocycles. The van der Waals surface area contributed by atoms with E-state index in [1.54, 1.807) is 17.1 Å². The van der Waals surface area contributed by atoms with Gasteiger partial charge in [-0.2, -0.15) is 13.9 Å². The van der Waals surface area contributed by atoms with E-state index in [4.69, 9.17) is 11.6 Å². The third kappa shape index (κ3) is 3.64. The minimum absolute atomic E-state index is 0.00498. The van der Waals surface area contributed by atoms with Crippen LogP contribution in [0.2, 0.25) is 5.28 Å². The molecule has 4 rings (SSSR count). The fraction of sp³-hybridized carbons (Fsp3) is 0.600. The Bertz CT molecular complexity index is 988. The summed E-state index contributed by atoms with van der Waals surface area (Å²) in [6.45, 7) is 6.49. The molecule has 0 saturated carbocycles. The SMILES string of the molecule is CC(C)(C)C1CC(n2cc(-c3nc(Cl)nc4c3CCC4(F)F)cn2)CCN1C(=O)O. The molecule has 1 aliphatic heterocycles. The van der Waals surface area contributed by atoms with Gasteiger partial charge in [0.1, 0.15) is 5.69 Å². The number of aromatic nitrogens is 4. The van der Waals surface area contributed by atoms with Gasteiger partial charge in [-0.3, -0.25) is 4.68 Å². The molecule has 162 valence electrons. The number of hydrogen-bond donors (Lipinski definition) is 1. The first-order valence-corrected chi connectivity index (χ1v) is 10.3. The Labute approximate surface area is 178 Å². The monoisotopic (exact) mass is 439 g/mol. The molecule has 2 aliphatic rings. The first-order chi connectivity index (χ1) is 14.0. The second kappa shape index (κ2) is 7.14. The first kappa shape index (κ1) is 21.0. The predicted molar refractivity (Wildman–Crippen MR) is 107 cm³/mol. The highest BCUT2D eigenvalue weighted by Gasteiger charge is 2.43. The molecule has 3 heterocycles. The number of carbonyl (C=O) groups is 1. The van der Waals surface area contributed by atoms with E-state index in [0.717, 1.165) is 0 Å². The van der Waals surface area contributed by atoms with E-state index in [2.05, 4.69) is 15.1 Å². The van der Waals surface area contributed by atoms with E-state index in [9.17, 15) is 18.7 Å². The zero-order chi connectivity index (χ0) is 21.8. The summed E-state index contributed by atoms with van der Waals surface area (Å²) in [4.78, 5) is 21.1. The Morgan fingerprint density at radius 3 is 2.73 bits per heavy atom. The molecule has 1 saturated heterocycles. The van der Waals surface area contributed by atoms with Gasteiger partial charge in [-0.05, 0) is 36.3 Å². The average molecular weight is 440 g/mol. The minimum Gasteiger partial charge on any atom is -0.465 e. The highest BCUT2D eigenvalue weighted by atomic mass is 35.5. The number of hydrogen-bond acceptors (Lipinski definition) is 4. The van der Waals surface area contributed by atoms with Crippen molar-refractivity contribution in [3.05, 3.63) is 28.9 Å². The average Bonchev–Trinajstić information content (AvgIpc) is 3.25. The molecule has 0 spiro atoms. The molecule has 10 heteroatoms. The number of halogens is 3. The van der Waals surface area contributed by atoms with Crippen molar-refractivity contribution in [3.63, 3.8) is 0 Å². The number of nitrogens with zero attached hydrogens (tertiary/aromatic N) is 5. The highest BCUT2D eigenvalue weighted by Crippen LogP contribution is 2.44. The van der Waals surface area contributed by atoms with Crippen LogP contribution in [0.3, 0.4) is 0 Å². The highest BCUT2D eigenvalue weighted by molar-refractivity contribution is 6.28. The summed E-state index contributed by atoms with van der Waals surface area (Å²) in [5.74, 6) is -3.00. The second-order valence-corrected chi connectivity index (χ2v) is 9.46. The van der Waals surface area contributed by atoms with Crippen molar-refractivity contribution in [2.45, 2.75) is 64.5 Å². The van der Waals surface area contributed by atoms with E-state index >= 15 is 0 Å². The molecular formula is C20H24ClF2N5O2. The molecule has 1 amide bonds. The van der Waals surface area contributed by atoms with Gasteiger partial charge < -0.3 is 10.0 Å². The molecule has 0 aromatic carbocycles. The van der Waals surface area contributed by atoms with Crippen LogP contribution in [0.5, 0.6) is 0 Å². The third-order valence-electron chi connectivity index (χ3n) is 6.08. The van der Waals surface area contributed by atoms with Gasteiger partial charge in [0.15, 0.2) is 0 Å². The number of amides is 1. The van der Waals surface area contributed by atoms with Crippen LogP contribution in [0.4, 0.5) is 13.6 Å². The van der Waals surface area contributed by atoms with Crippen LogP contribution in [-0.4, -0.2) is 48.4 Å². The summed E-state index contributed by atoms with van der Waals surface area (Å²) < 4.78 is 30.1. The summed E-state index contributed by atoms with van der Waals surface area (Å²) in [5.41, 5.74) is 0.898. The van der Waals surface area contributed by atoms with Gasteiger partial charge in [0.05, 0.1) is 17.9 Å². The van der Waals surface area contributed by atoms with Gasteiger partial charge in [-0.1, -0.05) is 20.8 Å². The van der Waals surface area contributed by atoms with Crippen molar-refractivity contribution >= 4 is 17.7 Å². The lowest BCUT2D eigenvalue weighted by Crippen LogP contribution is -2.51. The van der Waals surface area contributed by atoms with Crippen molar-refractivity contribution in [2.24, 2.45) is 5.41 Å². The topological polar surface area (TPSA) is 84.1 Å². The number of alkyl halides is 2. The summed E-state index contributed by atoms with van der Waals surface area (Å²) in [7, 11) is 0. The summed E-state index contributed by atoms with van der Waals surface area (Å²) in [6.07, 6.45) is 3.60. The molecule has 2 atom stereocenters. The maximum absolute atomic E-state index is 14.1. The van der Waals surface area contributed by atoms with Crippen LogP contribution in [0.1, 0.15) is 57.3 Å². The van der Waals surface area contributed by atoms with Crippen molar-refractivity contribution in [1.82, 2.24) is 24.6 Å². The van der Waals surface area contributed by atoms with E-state index < -0.39 is 12.0 Å². The number of rotatable bonds is 2. The summed E-state index contributed by atoms with van der Waals surface area (Å²) in [5, 5.41) is 13.8. The zero-order valence-corrected chi connectivity index (χ0v) is 17.8. The Morgan fingerprint density at radius 2 is 2.07 bits per heavy atom. The third-order valence-corrected chi connectivity index (χ3v) is 6.25. The number of fused-ring (bicyclic) bond motifs is 1. The molecule has 2 aromatic heterocycles. The Balaban J connectivity index is 1.64. The quantitative estimate of drug-likeness (QED) is 0.682. The smallest absolute Gasteiger partial charge is 0.407 e. The van der Waals surface area contributed by atoms with Crippen molar-refractivity contribution in [3.8, 4) is 11.3 Å². The van der Waals surface area contributed by atoms with Gasteiger partial charge in [-0.25, -0.2) is 14.8 Å². The van der Waals surface area contributed by atoms with Gasteiger partial charge in [-0.15, -0.1) is 0 Å².